The quantitative estimate of drug-likeness (QED) is 0.524. The average Bonchev–Trinajstić information content (AvgIpc) is 3.11. The lowest BCUT2D eigenvalue weighted by molar-refractivity contribution is -0.383. The van der Waals surface area contributed by atoms with Crippen molar-refractivity contribution in [3.63, 3.8) is 0 Å². The van der Waals surface area contributed by atoms with Gasteiger partial charge in [-0.05, 0) is 30.5 Å². The van der Waals surface area contributed by atoms with Crippen molar-refractivity contribution in [2.75, 3.05) is 5.32 Å². The third-order valence-corrected chi connectivity index (χ3v) is 2.96. The van der Waals surface area contributed by atoms with E-state index in [9.17, 15) is 10.1 Å². The summed E-state index contributed by atoms with van der Waals surface area (Å²) in [5.74, 6) is 0.444. The van der Waals surface area contributed by atoms with E-state index >= 15 is 0 Å². The molecular weight excluding hydrogens is 256 g/mol. The van der Waals surface area contributed by atoms with Gasteiger partial charge in [0, 0.05) is 12.1 Å². The van der Waals surface area contributed by atoms with Gasteiger partial charge >= 0.3 is 0 Å². The van der Waals surface area contributed by atoms with Crippen molar-refractivity contribution in [2.24, 2.45) is 0 Å². The van der Waals surface area contributed by atoms with E-state index in [2.05, 4.69) is 15.3 Å². The number of nitrogens with zero attached hydrogens (tertiary/aromatic N) is 3. The number of nitrogens with one attached hydrogen (secondary N) is 1. The molecule has 1 N–H and O–H groups in total. The van der Waals surface area contributed by atoms with Gasteiger partial charge in [0.05, 0.1) is 10.4 Å². The Morgan fingerprint density at radius 1 is 1.39 bits per heavy atom. The van der Waals surface area contributed by atoms with Crippen LogP contribution in [0.2, 0.25) is 5.28 Å². The van der Waals surface area contributed by atoms with Crippen molar-refractivity contribution in [3.8, 4) is 0 Å². The summed E-state index contributed by atoms with van der Waals surface area (Å²) < 4.78 is 0. The fraction of sp³-hybridized carbons (Fsp3) is 0.273. The number of aromatic nitrogens is 2. The number of non-ortho nitro benzene ring substituents is 1. The fourth-order valence-electron chi connectivity index (χ4n) is 1.81. The normalized spacial score (nSPS) is 14.7. The number of hydrogen-bond acceptors (Lipinski definition) is 5. The molecule has 2 aromatic rings. The maximum absolute atomic E-state index is 11.0. The monoisotopic (exact) mass is 264 g/mol. The molecule has 1 aromatic carbocycles. The summed E-state index contributed by atoms with van der Waals surface area (Å²) >= 11 is 5.83. The smallest absolute Gasteiger partial charge is 0.282 e. The molecule has 18 heavy (non-hydrogen) atoms. The van der Waals surface area contributed by atoms with E-state index in [1.165, 1.54) is 6.07 Å². The molecule has 0 bridgehead atoms. The molecule has 1 saturated carbocycles. The summed E-state index contributed by atoms with van der Waals surface area (Å²) in [4.78, 5) is 18.7. The summed E-state index contributed by atoms with van der Waals surface area (Å²) in [5.41, 5.74) is 0.472. The van der Waals surface area contributed by atoms with Crippen LogP contribution in [0.5, 0.6) is 0 Å². The maximum Gasteiger partial charge on any atom is 0.282 e. The number of benzene rings is 1. The molecule has 7 heteroatoms. The standard InChI is InChI=1S/C11H9ClN4O2/c12-11-14-7-2-1-3-8(16(17)18)9(7)10(15-11)13-6-4-5-6/h1-3,6H,4-5H2,(H,13,14,15). The Hall–Kier alpha value is -1.95. The topological polar surface area (TPSA) is 81.0 Å². The Labute approximate surface area is 107 Å². The Morgan fingerprint density at radius 2 is 2.17 bits per heavy atom. The number of anilines is 1. The summed E-state index contributed by atoms with van der Waals surface area (Å²) in [7, 11) is 0. The molecule has 1 heterocycles. The summed E-state index contributed by atoms with van der Waals surface area (Å²) in [6.07, 6.45) is 2.09. The highest BCUT2D eigenvalue weighted by Gasteiger charge is 2.25. The van der Waals surface area contributed by atoms with Crippen LogP contribution in [0, 0.1) is 10.1 Å². The average molecular weight is 265 g/mol. The minimum atomic E-state index is -0.433. The van der Waals surface area contributed by atoms with Crippen LogP contribution in [-0.4, -0.2) is 20.9 Å². The second kappa shape index (κ2) is 4.06. The highest BCUT2D eigenvalue weighted by Crippen LogP contribution is 2.33. The van der Waals surface area contributed by atoms with E-state index in [4.69, 9.17) is 11.6 Å². The lowest BCUT2D eigenvalue weighted by Gasteiger charge is -2.08. The zero-order chi connectivity index (χ0) is 12.7. The van der Waals surface area contributed by atoms with Gasteiger partial charge in [0.25, 0.3) is 5.69 Å². The van der Waals surface area contributed by atoms with Gasteiger partial charge in [0.2, 0.25) is 5.28 Å². The van der Waals surface area contributed by atoms with Crippen molar-refractivity contribution in [1.29, 1.82) is 0 Å². The van der Waals surface area contributed by atoms with Crippen LogP contribution < -0.4 is 5.32 Å². The number of hydrogen-bond donors (Lipinski definition) is 1. The van der Waals surface area contributed by atoms with Gasteiger partial charge in [0.1, 0.15) is 11.2 Å². The molecular formula is C11H9ClN4O2. The second-order valence-electron chi connectivity index (χ2n) is 4.19. The minimum absolute atomic E-state index is 0.00711. The van der Waals surface area contributed by atoms with Crippen molar-refractivity contribution >= 4 is 34.0 Å². The molecule has 0 aliphatic heterocycles. The van der Waals surface area contributed by atoms with Gasteiger partial charge in [0.15, 0.2) is 0 Å². The van der Waals surface area contributed by atoms with E-state index in [1.54, 1.807) is 12.1 Å². The van der Waals surface area contributed by atoms with E-state index in [0.717, 1.165) is 12.8 Å². The summed E-state index contributed by atoms with van der Waals surface area (Å²) in [5, 5.41) is 14.7. The molecule has 0 saturated heterocycles. The fourth-order valence-corrected chi connectivity index (χ4v) is 1.99. The number of rotatable bonds is 3. The second-order valence-corrected chi connectivity index (χ2v) is 4.53. The van der Waals surface area contributed by atoms with Crippen LogP contribution >= 0.6 is 11.6 Å². The van der Waals surface area contributed by atoms with E-state index < -0.39 is 4.92 Å². The molecule has 1 aliphatic rings. The molecule has 3 rings (SSSR count). The molecule has 1 aliphatic carbocycles. The Balaban J connectivity index is 2.26. The minimum Gasteiger partial charge on any atom is -0.366 e. The van der Waals surface area contributed by atoms with Gasteiger partial charge in [-0.25, -0.2) is 4.98 Å². The molecule has 1 aromatic heterocycles. The molecule has 0 atom stereocenters. The van der Waals surface area contributed by atoms with E-state index in [1.807, 2.05) is 0 Å². The van der Waals surface area contributed by atoms with Crippen LogP contribution in [0.15, 0.2) is 18.2 Å². The van der Waals surface area contributed by atoms with Crippen LogP contribution in [0.3, 0.4) is 0 Å². The predicted octanol–water partition coefficient (Wildman–Crippen LogP) is 2.77. The Bertz CT molecular complexity index is 642. The lowest BCUT2D eigenvalue weighted by atomic mass is 10.2. The van der Waals surface area contributed by atoms with Gasteiger partial charge in [-0.2, -0.15) is 4.98 Å². The number of fused-ring (bicyclic) bond motifs is 1. The maximum atomic E-state index is 11.0. The number of halogens is 1. The van der Waals surface area contributed by atoms with Crippen LogP contribution in [0.4, 0.5) is 11.5 Å². The molecule has 0 amide bonds. The summed E-state index contributed by atoms with van der Waals surface area (Å²) in [6.45, 7) is 0. The Kier molecular flexibility index (Phi) is 2.52. The van der Waals surface area contributed by atoms with Crippen LogP contribution in [0.25, 0.3) is 10.9 Å². The first-order chi connectivity index (χ1) is 8.65. The first kappa shape index (κ1) is 11.2. The van der Waals surface area contributed by atoms with Gasteiger partial charge in [-0.1, -0.05) is 6.07 Å². The largest absolute Gasteiger partial charge is 0.366 e. The van der Waals surface area contributed by atoms with Gasteiger partial charge < -0.3 is 5.32 Å². The lowest BCUT2D eigenvalue weighted by Crippen LogP contribution is -2.06. The highest BCUT2D eigenvalue weighted by molar-refractivity contribution is 6.29. The van der Waals surface area contributed by atoms with Gasteiger partial charge in [-0.15, -0.1) is 0 Å². The van der Waals surface area contributed by atoms with Crippen molar-refractivity contribution < 1.29 is 4.92 Å². The first-order valence-electron chi connectivity index (χ1n) is 5.52. The van der Waals surface area contributed by atoms with E-state index in [0.29, 0.717) is 22.8 Å². The Morgan fingerprint density at radius 3 is 2.83 bits per heavy atom. The summed E-state index contributed by atoms with van der Waals surface area (Å²) in [6, 6.07) is 5.05. The highest BCUT2D eigenvalue weighted by atomic mass is 35.5. The van der Waals surface area contributed by atoms with E-state index in [-0.39, 0.29) is 11.0 Å². The van der Waals surface area contributed by atoms with Crippen molar-refractivity contribution in [2.45, 2.75) is 18.9 Å². The predicted molar refractivity (Wildman–Crippen MR) is 67.8 cm³/mol. The van der Waals surface area contributed by atoms with Crippen molar-refractivity contribution in [1.82, 2.24) is 9.97 Å². The zero-order valence-electron chi connectivity index (χ0n) is 9.26. The third-order valence-electron chi connectivity index (χ3n) is 2.79. The molecule has 0 radical (unpaired) electrons. The van der Waals surface area contributed by atoms with Crippen LogP contribution in [0.1, 0.15) is 12.8 Å². The SMILES string of the molecule is O=[N+]([O-])c1cccc2nc(Cl)nc(NC3CC3)c12. The first-order valence-corrected chi connectivity index (χ1v) is 5.90. The number of nitro benzene ring substituents is 1. The molecule has 1 fully saturated rings. The van der Waals surface area contributed by atoms with Gasteiger partial charge in [-0.3, -0.25) is 10.1 Å². The molecule has 0 spiro atoms. The number of nitro groups is 1. The van der Waals surface area contributed by atoms with Crippen molar-refractivity contribution in [3.05, 3.63) is 33.6 Å². The zero-order valence-corrected chi connectivity index (χ0v) is 10.0. The van der Waals surface area contributed by atoms with Crippen LogP contribution in [-0.2, 0) is 0 Å². The molecule has 0 unspecified atom stereocenters. The third kappa shape index (κ3) is 1.95. The molecule has 6 nitrogen and oxygen atoms in total. The molecule has 92 valence electrons.